The van der Waals surface area contributed by atoms with Crippen LogP contribution in [-0.2, 0) is 11.2 Å². The molecule has 0 unspecified atom stereocenters. The highest BCUT2D eigenvalue weighted by molar-refractivity contribution is 5.76. The molecule has 0 aliphatic heterocycles. The van der Waals surface area contributed by atoms with E-state index in [0.29, 0.717) is 12.3 Å². The van der Waals surface area contributed by atoms with E-state index in [1.54, 1.807) is 0 Å². The predicted molar refractivity (Wildman–Crippen MR) is 80.1 cm³/mol. The van der Waals surface area contributed by atoms with E-state index in [1.807, 2.05) is 24.3 Å². The molecule has 1 fully saturated rings. The van der Waals surface area contributed by atoms with Crippen LogP contribution in [0.3, 0.4) is 0 Å². The number of nitrogens with one attached hydrogen (secondary N) is 1. The van der Waals surface area contributed by atoms with Gasteiger partial charge in [-0.05, 0) is 55.7 Å². The molecule has 0 spiro atoms. The van der Waals surface area contributed by atoms with Crippen molar-refractivity contribution in [2.45, 2.75) is 44.6 Å². The van der Waals surface area contributed by atoms with Crippen LogP contribution in [0.4, 0.5) is 5.69 Å². The molecule has 1 amide bonds. The van der Waals surface area contributed by atoms with Gasteiger partial charge < -0.3 is 16.2 Å². The molecule has 0 bridgehead atoms. The lowest BCUT2D eigenvalue weighted by molar-refractivity contribution is -0.121. The van der Waals surface area contributed by atoms with E-state index < -0.39 is 0 Å². The second kappa shape index (κ2) is 7.29. The lowest BCUT2D eigenvalue weighted by Crippen LogP contribution is -2.32. The second-order valence-corrected chi connectivity index (χ2v) is 5.72. The van der Waals surface area contributed by atoms with Crippen molar-refractivity contribution in [3.63, 3.8) is 0 Å². The molecule has 110 valence electrons. The van der Waals surface area contributed by atoms with E-state index in [9.17, 15) is 9.90 Å². The molecule has 1 aromatic rings. The molecule has 0 heterocycles. The number of nitrogens with two attached hydrogens (primary N) is 1. The summed E-state index contributed by atoms with van der Waals surface area (Å²) in [5, 5.41) is 12.4. The number of benzene rings is 1. The molecule has 4 N–H and O–H groups in total. The van der Waals surface area contributed by atoms with Crippen molar-refractivity contribution in [1.29, 1.82) is 0 Å². The molecule has 0 aromatic heterocycles. The molecule has 1 aliphatic carbocycles. The molecule has 0 radical (unpaired) electrons. The first-order valence-corrected chi connectivity index (χ1v) is 7.42. The summed E-state index contributed by atoms with van der Waals surface area (Å²) >= 11 is 0. The minimum absolute atomic E-state index is 0.0959. The topological polar surface area (TPSA) is 75.4 Å². The quantitative estimate of drug-likeness (QED) is 0.719. The van der Waals surface area contributed by atoms with Gasteiger partial charge >= 0.3 is 0 Å². The lowest BCUT2D eigenvalue weighted by Gasteiger charge is -2.25. The zero-order valence-electron chi connectivity index (χ0n) is 11.8. The summed E-state index contributed by atoms with van der Waals surface area (Å²) < 4.78 is 0. The summed E-state index contributed by atoms with van der Waals surface area (Å²) in [6.45, 7) is 0.739. The van der Waals surface area contributed by atoms with Crippen LogP contribution in [0.1, 0.15) is 37.7 Å². The third-order valence-electron chi connectivity index (χ3n) is 4.00. The van der Waals surface area contributed by atoms with Crippen LogP contribution in [0.15, 0.2) is 24.3 Å². The van der Waals surface area contributed by atoms with E-state index >= 15 is 0 Å². The Morgan fingerprint density at radius 3 is 2.75 bits per heavy atom. The van der Waals surface area contributed by atoms with Gasteiger partial charge in [0.25, 0.3) is 0 Å². The Labute approximate surface area is 120 Å². The van der Waals surface area contributed by atoms with Gasteiger partial charge in [0.1, 0.15) is 0 Å². The monoisotopic (exact) mass is 276 g/mol. The van der Waals surface area contributed by atoms with Crippen LogP contribution >= 0.6 is 0 Å². The molecule has 1 aromatic carbocycles. The van der Waals surface area contributed by atoms with Crippen molar-refractivity contribution in [3.8, 4) is 0 Å². The summed E-state index contributed by atoms with van der Waals surface area (Å²) in [7, 11) is 0. The lowest BCUT2D eigenvalue weighted by atomic mass is 9.87. The SMILES string of the molecule is Nc1cccc(CCC(=O)NCC2CCC(O)CC2)c1. The fraction of sp³-hybridized carbons (Fsp3) is 0.562. The van der Waals surface area contributed by atoms with Gasteiger partial charge in [-0.2, -0.15) is 0 Å². The predicted octanol–water partition coefficient (Wildman–Crippen LogP) is 1.87. The summed E-state index contributed by atoms with van der Waals surface area (Å²) in [4.78, 5) is 11.8. The Hall–Kier alpha value is -1.55. The summed E-state index contributed by atoms with van der Waals surface area (Å²) in [6, 6.07) is 7.67. The zero-order valence-corrected chi connectivity index (χ0v) is 11.8. The van der Waals surface area contributed by atoms with Gasteiger partial charge in [0.15, 0.2) is 0 Å². The van der Waals surface area contributed by atoms with Crippen molar-refractivity contribution >= 4 is 11.6 Å². The summed E-state index contributed by atoms with van der Waals surface area (Å²) in [5.41, 5.74) is 7.55. The van der Waals surface area contributed by atoms with Crippen LogP contribution in [0.25, 0.3) is 0 Å². The Kier molecular flexibility index (Phi) is 5.41. The maximum absolute atomic E-state index is 11.8. The minimum Gasteiger partial charge on any atom is -0.399 e. The van der Waals surface area contributed by atoms with Gasteiger partial charge in [-0.1, -0.05) is 12.1 Å². The summed E-state index contributed by atoms with van der Waals surface area (Å²) in [6.07, 6.45) is 4.84. The van der Waals surface area contributed by atoms with Crippen molar-refractivity contribution in [2.75, 3.05) is 12.3 Å². The smallest absolute Gasteiger partial charge is 0.220 e. The highest BCUT2D eigenvalue weighted by Gasteiger charge is 2.19. The first-order chi connectivity index (χ1) is 9.63. The fourth-order valence-corrected chi connectivity index (χ4v) is 2.70. The Balaban J connectivity index is 1.65. The average molecular weight is 276 g/mol. The molecule has 20 heavy (non-hydrogen) atoms. The molecular formula is C16H24N2O2. The van der Waals surface area contributed by atoms with E-state index in [0.717, 1.165) is 49.9 Å². The molecule has 4 heteroatoms. The molecule has 2 rings (SSSR count). The highest BCUT2D eigenvalue weighted by atomic mass is 16.3. The Morgan fingerprint density at radius 2 is 2.05 bits per heavy atom. The van der Waals surface area contributed by atoms with E-state index in [-0.39, 0.29) is 12.0 Å². The molecule has 0 atom stereocenters. The Morgan fingerprint density at radius 1 is 1.30 bits per heavy atom. The van der Waals surface area contributed by atoms with Crippen molar-refractivity contribution < 1.29 is 9.90 Å². The number of rotatable bonds is 5. The van der Waals surface area contributed by atoms with Gasteiger partial charge in [-0.15, -0.1) is 0 Å². The number of nitrogen functional groups attached to an aromatic ring is 1. The van der Waals surface area contributed by atoms with Crippen LogP contribution in [0.2, 0.25) is 0 Å². The third-order valence-corrected chi connectivity index (χ3v) is 4.00. The van der Waals surface area contributed by atoms with E-state index in [1.165, 1.54) is 0 Å². The number of anilines is 1. The standard InChI is InChI=1S/C16H24N2O2/c17-14-3-1-2-12(10-14)6-9-16(20)18-11-13-4-7-15(19)8-5-13/h1-3,10,13,15,19H,4-9,11,17H2,(H,18,20). The number of hydrogen-bond acceptors (Lipinski definition) is 3. The Bertz CT molecular complexity index is 440. The van der Waals surface area contributed by atoms with Crippen LogP contribution < -0.4 is 11.1 Å². The van der Waals surface area contributed by atoms with Crippen molar-refractivity contribution in [2.24, 2.45) is 5.92 Å². The number of aryl methyl sites for hydroxylation is 1. The number of aliphatic hydroxyl groups is 1. The van der Waals surface area contributed by atoms with Gasteiger partial charge in [0.2, 0.25) is 5.91 Å². The van der Waals surface area contributed by atoms with Crippen LogP contribution in [0, 0.1) is 5.92 Å². The van der Waals surface area contributed by atoms with E-state index in [4.69, 9.17) is 5.73 Å². The number of amides is 1. The molecule has 4 nitrogen and oxygen atoms in total. The first-order valence-electron chi connectivity index (χ1n) is 7.42. The number of aliphatic hydroxyl groups excluding tert-OH is 1. The van der Waals surface area contributed by atoms with Crippen molar-refractivity contribution in [3.05, 3.63) is 29.8 Å². The third kappa shape index (κ3) is 4.85. The largest absolute Gasteiger partial charge is 0.399 e. The van der Waals surface area contributed by atoms with Gasteiger partial charge in [0, 0.05) is 18.7 Å². The maximum Gasteiger partial charge on any atom is 0.220 e. The molecule has 0 saturated heterocycles. The molecule has 1 saturated carbocycles. The molecular weight excluding hydrogens is 252 g/mol. The van der Waals surface area contributed by atoms with Gasteiger partial charge in [-0.3, -0.25) is 4.79 Å². The highest BCUT2D eigenvalue weighted by Crippen LogP contribution is 2.23. The minimum atomic E-state index is -0.134. The van der Waals surface area contributed by atoms with Crippen LogP contribution in [-0.4, -0.2) is 23.7 Å². The van der Waals surface area contributed by atoms with Crippen molar-refractivity contribution in [1.82, 2.24) is 5.32 Å². The second-order valence-electron chi connectivity index (χ2n) is 5.72. The molecule has 1 aliphatic rings. The van der Waals surface area contributed by atoms with Gasteiger partial charge in [0.05, 0.1) is 6.10 Å². The zero-order chi connectivity index (χ0) is 14.4. The maximum atomic E-state index is 11.8. The number of carbonyl (C=O) groups excluding carboxylic acids is 1. The number of hydrogen-bond donors (Lipinski definition) is 3. The van der Waals surface area contributed by atoms with E-state index in [2.05, 4.69) is 5.32 Å². The summed E-state index contributed by atoms with van der Waals surface area (Å²) in [5.74, 6) is 0.619. The average Bonchev–Trinajstić information content (AvgIpc) is 2.45. The number of carbonyl (C=O) groups is 1. The van der Waals surface area contributed by atoms with Crippen LogP contribution in [0.5, 0.6) is 0 Å². The normalized spacial score (nSPS) is 22.4. The van der Waals surface area contributed by atoms with Gasteiger partial charge in [-0.25, -0.2) is 0 Å². The fourth-order valence-electron chi connectivity index (χ4n) is 2.70. The first kappa shape index (κ1) is 14.9.